The Morgan fingerprint density at radius 2 is 1.70 bits per heavy atom. The Morgan fingerprint density at radius 1 is 1.04 bits per heavy atom. The van der Waals surface area contributed by atoms with Gasteiger partial charge >= 0.3 is 6.36 Å². The zero-order valence-electron chi connectivity index (χ0n) is 14.1. The van der Waals surface area contributed by atoms with Crippen LogP contribution < -0.4 is 9.47 Å². The molecule has 0 atom stereocenters. The van der Waals surface area contributed by atoms with Gasteiger partial charge in [-0.15, -0.1) is 13.2 Å². The van der Waals surface area contributed by atoms with Crippen LogP contribution in [0.4, 0.5) is 13.2 Å². The molecule has 0 N–H and O–H groups in total. The summed E-state index contributed by atoms with van der Waals surface area (Å²) in [6, 6.07) is 9.97. The standard InChI is InChI=1S/C17H16F3IO5S/c1-12-3-6-14(7-4-12)27(22,23)25-10-2-9-24-16-8-5-13(11-15(16)21)26-17(18,19)20/h3-8,11H,2,9-10H2,1H3. The van der Waals surface area contributed by atoms with Crippen molar-refractivity contribution in [2.24, 2.45) is 0 Å². The SMILES string of the molecule is Cc1ccc(S(=O)(=O)OCCCOc2ccc(OC(F)(F)F)cc2I)cc1. The molecule has 2 rings (SSSR count). The van der Waals surface area contributed by atoms with E-state index in [9.17, 15) is 21.6 Å². The average molecular weight is 516 g/mol. The fourth-order valence-electron chi connectivity index (χ4n) is 1.98. The highest BCUT2D eigenvalue weighted by Crippen LogP contribution is 2.29. The number of rotatable bonds is 8. The van der Waals surface area contributed by atoms with E-state index in [-0.39, 0.29) is 30.3 Å². The van der Waals surface area contributed by atoms with Gasteiger partial charge in [0.15, 0.2) is 0 Å². The van der Waals surface area contributed by atoms with Crippen molar-refractivity contribution in [2.45, 2.75) is 24.6 Å². The molecule has 0 heterocycles. The van der Waals surface area contributed by atoms with Crippen molar-refractivity contribution in [3.8, 4) is 11.5 Å². The van der Waals surface area contributed by atoms with Crippen molar-refractivity contribution >= 4 is 32.7 Å². The van der Waals surface area contributed by atoms with Crippen molar-refractivity contribution in [1.82, 2.24) is 0 Å². The topological polar surface area (TPSA) is 61.8 Å². The number of benzene rings is 2. The van der Waals surface area contributed by atoms with Gasteiger partial charge in [-0.25, -0.2) is 0 Å². The maximum atomic E-state index is 12.2. The van der Waals surface area contributed by atoms with E-state index in [1.165, 1.54) is 24.3 Å². The van der Waals surface area contributed by atoms with Crippen LogP contribution in [0.2, 0.25) is 0 Å². The van der Waals surface area contributed by atoms with E-state index in [0.29, 0.717) is 9.32 Å². The van der Waals surface area contributed by atoms with Crippen LogP contribution in [0, 0.1) is 10.5 Å². The molecular formula is C17H16F3IO5S. The molecule has 0 saturated carbocycles. The third-order valence-electron chi connectivity index (χ3n) is 3.23. The molecule has 10 heteroatoms. The molecule has 2 aromatic rings. The summed E-state index contributed by atoms with van der Waals surface area (Å²) in [4.78, 5) is 0.0730. The number of alkyl halides is 3. The Morgan fingerprint density at radius 3 is 2.30 bits per heavy atom. The largest absolute Gasteiger partial charge is 0.573 e. The maximum absolute atomic E-state index is 12.2. The highest BCUT2D eigenvalue weighted by atomic mass is 127. The first-order chi connectivity index (χ1) is 12.6. The van der Waals surface area contributed by atoms with E-state index < -0.39 is 16.5 Å². The molecule has 0 amide bonds. The second-order valence-corrected chi connectivity index (χ2v) is 8.21. The Bertz CT molecular complexity index is 867. The molecule has 27 heavy (non-hydrogen) atoms. The van der Waals surface area contributed by atoms with Crippen molar-refractivity contribution in [3.63, 3.8) is 0 Å². The van der Waals surface area contributed by atoms with Gasteiger partial charge in [0.1, 0.15) is 11.5 Å². The van der Waals surface area contributed by atoms with E-state index in [4.69, 9.17) is 8.92 Å². The summed E-state index contributed by atoms with van der Waals surface area (Å²) in [5.41, 5.74) is 0.934. The van der Waals surface area contributed by atoms with Crippen LogP contribution >= 0.6 is 22.6 Å². The normalized spacial score (nSPS) is 12.0. The van der Waals surface area contributed by atoms with Gasteiger partial charge in [0.25, 0.3) is 10.1 Å². The molecule has 2 aromatic carbocycles. The zero-order chi connectivity index (χ0) is 20.1. The summed E-state index contributed by atoms with van der Waals surface area (Å²) in [6.07, 6.45) is -4.48. The monoisotopic (exact) mass is 516 g/mol. The third-order valence-corrected chi connectivity index (χ3v) is 5.40. The van der Waals surface area contributed by atoms with Gasteiger partial charge in [0, 0.05) is 6.42 Å². The molecule has 0 aliphatic carbocycles. The van der Waals surface area contributed by atoms with E-state index in [2.05, 4.69) is 4.74 Å². The van der Waals surface area contributed by atoms with Crippen LogP contribution in [0.3, 0.4) is 0 Å². The first kappa shape index (κ1) is 21.8. The maximum Gasteiger partial charge on any atom is 0.573 e. The number of hydrogen-bond donors (Lipinski definition) is 0. The van der Waals surface area contributed by atoms with Gasteiger partial charge in [-0.1, -0.05) is 17.7 Å². The fourth-order valence-corrected chi connectivity index (χ4v) is 3.56. The predicted octanol–water partition coefficient (Wildman–Crippen LogP) is 4.67. The van der Waals surface area contributed by atoms with Crippen LogP contribution in [0.15, 0.2) is 47.4 Å². The lowest BCUT2D eigenvalue weighted by atomic mass is 10.2. The molecule has 0 aliphatic heterocycles. The lowest BCUT2D eigenvalue weighted by Gasteiger charge is -2.12. The summed E-state index contributed by atoms with van der Waals surface area (Å²) in [6.45, 7) is 1.90. The Hall–Kier alpha value is -1.53. The van der Waals surface area contributed by atoms with Crippen LogP contribution in [0.5, 0.6) is 11.5 Å². The molecule has 0 spiro atoms. The van der Waals surface area contributed by atoms with Crippen molar-refractivity contribution in [3.05, 3.63) is 51.6 Å². The third kappa shape index (κ3) is 7.18. The predicted molar refractivity (Wildman–Crippen MR) is 100 cm³/mol. The lowest BCUT2D eigenvalue weighted by molar-refractivity contribution is -0.274. The molecule has 0 aromatic heterocycles. The van der Waals surface area contributed by atoms with Crippen molar-refractivity contribution in [2.75, 3.05) is 13.2 Å². The van der Waals surface area contributed by atoms with Crippen LogP contribution in [0.1, 0.15) is 12.0 Å². The van der Waals surface area contributed by atoms with Gasteiger partial charge in [-0.3, -0.25) is 4.18 Å². The van der Waals surface area contributed by atoms with Crippen LogP contribution in [0.25, 0.3) is 0 Å². The first-order valence-electron chi connectivity index (χ1n) is 7.71. The van der Waals surface area contributed by atoms with Gasteiger partial charge in [-0.05, 0) is 59.8 Å². The molecular weight excluding hydrogens is 500 g/mol. The smallest absolute Gasteiger partial charge is 0.492 e. The van der Waals surface area contributed by atoms with E-state index >= 15 is 0 Å². The number of aryl methyl sites for hydroxylation is 1. The number of ether oxygens (including phenoxy) is 2. The van der Waals surface area contributed by atoms with Gasteiger partial charge in [0.05, 0.1) is 21.7 Å². The average Bonchev–Trinajstić information content (AvgIpc) is 2.55. The second-order valence-electron chi connectivity index (χ2n) is 5.43. The van der Waals surface area contributed by atoms with Crippen LogP contribution in [-0.2, 0) is 14.3 Å². The highest BCUT2D eigenvalue weighted by molar-refractivity contribution is 14.1. The van der Waals surface area contributed by atoms with E-state index in [0.717, 1.165) is 11.6 Å². The Kier molecular flexibility index (Phi) is 7.34. The summed E-state index contributed by atoms with van der Waals surface area (Å²) in [7, 11) is -3.83. The van der Waals surface area contributed by atoms with Crippen LogP contribution in [-0.4, -0.2) is 28.0 Å². The minimum Gasteiger partial charge on any atom is -0.492 e. The molecule has 0 aliphatic rings. The molecule has 148 valence electrons. The minimum atomic E-state index is -4.76. The first-order valence-corrected chi connectivity index (χ1v) is 10.2. The molecule has 0 radical (unpaired) electrons. The van der Waals surface area contributed by atoms with E-state index in [1.54, 1.807) is 12.1 Å². The quantitative estimate of drug-likeness (QED) is 0.290. The molecule has 5 nitrogen and oxygen atoms in total. The molecule has 0 bridgehead atoms. The minimum absolute atomic E-state index is 0.0730. The number of halogens is 4. The second kappa shape index (κ2) is 9.11. The summed E-state index contributed by atoms with van der Waals surface area (Å²) < 4.78 is 75.2. The van der Waals surface area contributed by atoms with Gasteiger partial charge in [-0.2, -0.15) is 8.42 Å². The highest BCUT2D eigenvalue weighted by Gasteiger charge is 2.31. The lowest BCUT2D eigenvalue weighted by Crippen LogP contribution is -2.17. The Labute approximate surface area is 168 Å². The van der Waals surface area contributed by atoms with E-state index in [1.807, 2.05) is 29.5 Å². The molecule has 0 fully saturated rings. The van der Waals surface area contributed by atoms with Crippen molar-refractivity contribution < 1.29 is 35.2 Å². The Balaban J connectivity index is 1.80. The summed E-state index contributed by atoms with van der Waals surface area (Å²) >= 11 is 1.82. The fraction of sp³-hybridized carbons (Fsp3) is 0.294. The summed E-state index contributed by atoms with van der Waals surface area (Å²) in [5, 5.41) is 0. The van der Waals surface area contributed by atoms with Gasteiger partial charge < -0.3 is 9.47 Å². The van der Waals surface area contributed by atoms with Gasteiger partial charge in [0.2, 0.25) is 0 Å². The van der Waals surface area contributed by atoms with Crippen molar-refractivity contribution in [1.29, 1.82) is 0 Å². The summed E-state index contributed by atoms with van der Waals surface area (Å²) in [5.74, 6) is 0.0262. The molecule has 0 unspecified atom stereocenters. The number of hydrogen-bond acceptors (Lipinski definition) is 5. The zero-order valence-corrected chi connectivity index (χ0v) is 17.1. The molecule has 0 saturated heterocycles.